The summed E-state index contributed by atoms with van der Waals surface area (Å²) in [7, 11) is 3.66. The van der Waals surface area contributed by atoms with E-state index in [1.54, 1.807) is 19.2 Å². The Morgan fingerprint density at radius 3 is 2.67 bits per heavy atom. The molecule has 1 heterocycles. The normalized spacial score (nSPS) is 15.0. The molecule has 1 aliphatic rings. The molecule has 1 N–H and O–H groups in total. The molecule has 0 radical (unpaired) electrons. The van der Waals surface area contributed by atoms with Crippen molar-refractivity contribution in [2.75, 3.05) is 25.6 Å². The van der Waals surface area contributed by atoms with Crippen molar-refractivity contribution in [3.8, 4) is 5.75 Å². The van der Waals surface area contributed by atoms with Gasteiger partial charge in [0.2, 0.25) is 0 Å². The second-order valence-corrected chi connectivity index (χ2v) is 5.76. The molecule has 2 aromatic rings. The molecule has 110 valence electrons. The number of aliphatic hydroxyl groups excluding tert-OH is 1. The topological polar surface area (TPSA) is 32.7 Å². The maximum Gasteiger partial charge on any atom is 0.137 e. The van der Waals surface area contributed by atoms with Crippen molar-refractivity contribution in [2.45, 2.75) is 12.5 Å². The van der Waals surface area contributed by atoms with Gasteiger partial charge in [0.25, 0.3) is 0 Å². The molecule has 0 spiro atoms. The van der Waals surface area contributed by atoms with Crippen LogP contribution in [0.5, 0.6) is 5.75 Å². The van der Waals surface area contributed by atoms with Crippen LogP contribution in [0.15, 0.2) is 36.4 Å². The van der Waals surface area contributed by atoms with Crippen LogP contribution in [0.1, 0.15) is 22.8 Å². The lowest BCUT2D eigenvalue weighted by atomic mass is 9.98. The van der Waals surface area contributed by atoms with Gasteiger partial charge in [-0.25, -0.2) is 0 Å². The third-order valence-electron chi connectivity index (χ3n) is 4.04. The van der Waals surface area contributed by atoms with Crippen molar-refractivity contribution in [1.82, 2.24) is 0 Å². The van der Waals surface area contributed by atoms with Gasteiger partial charge >= 0.3 is 0 Å². The zero-order chi connectivity index (χ0) is 15.0. The number of fused-ring (bicyclic) bond motifs is 1. The summed E-state index contributed by atoms with van der Waals surface area (Å²) in [6, 6.07) is 11.5. The van der Waals surface area contributed by atoms with Crippen LogP contribution in [0.4, 0.5) is 5.69 Å². The van der Waals surface area contributed by atoms with Gasteiger partial charge in [-0.05, 0) is 41.3 Å². The molecule has 1 unspecified atom stereocenters. The maximum absolute atomic E-state index is 10.6. The largest absolute Gasteiger partial charge is 0.495 e. The first-order chi connectivity index (χ1) is 10.1. The van der Waals surface area contributed by atoms with Gasteiger partial charge in [-0.15, -0.1) is 0 Å². The minimum Gasteiger partial charge on any atom is -0.495 e. The van der Waals surface area contributed by atoms with Gasteiger partial charge in [0.1, 0.15) is 11.9 Å². The lowest BCUT2D eigenvalue weighted by molar-refractivity contribution is 0.219. The lowest BCUT2D eigenvalue weighted by Gasteiger charge is -2.16. The van der Waals surface area contributed by atoms with Crippen LogP contribution in [-0.4, -0.2) is 25.8 Å². The van der Waals surface area contributed by atoms with Crippen LogP contribution >= 0.6 is 11.6 Å². The molecule has 4 heteroatoms. The lowest BCUT2D eigenvalue weighted by Crippen LogP contribution is -2.12. The summed E-state index contributed by atoms with van der Waals surface area (Å²) in [5, 5.41) is 11.1. The summed E-state index contributed by atoms with van der Waals surface area (Å²) < 4.78 is 5.21. The fourth-order valence-corrected chi connectivity index (χ4v) is 2.99. The number of rotatable bonds is 3. The molecule has 0 saturated carbocycles. The first-order valence-corrected chi connectivity index (χ1v) is 7.33. The highest BCUT2D eigenvalue weighted by Gasteiger charge is 2.19. The van der Waals surface area contributed by atoms with Gasteiger partial charge in [-0.3, -0.25) is 0 Å². The van der Waals surface area contributed by atoms with Crippen molar-refractivity contribution in [3.63, 3.8) is 0 Å². The van der Waals surface area contributed by atoms with E-state index in [0.717, 1.165) is 24.1 Å². The summed E-state index contributed by atoms with van der Waals surface area (Å²) >= 11 is 6.03. The molecule has 0 amide bonds. The fourth-order valence-electron chi connectivity index (χ4n) is 2.80. The number of nitrogens with zero attached hydrogens (tertiary/aromatic N) is 1. The van der Waals surface area contributed by atoms with Crippen LogP contribution in [-0.2, 0) is 6.42 Å². The van der Waals surface area contributed by atoms with E-state index in [9.17, 15) is 5.11 Å². The molecule has 21 heavy (non-hydrogen) atoms. The van der Waals surface area contributed by atoms with Crippen molar-refractivity contribution < 1.29 is 9.84 Å². The number of methoxy groups -OCH3 is 1. The molecule has 2 aromatic carbocycles. The highest BCUT2D eigenvalue weighted by atomic mass is 35.5. The van der Waals surface area contributed by atoms with E-state index in [0.29, 0.717) is 10.8 Å². The Balaban J connectivity index is 1.93. The number of benzene rings is 2. The smallest absolute Gasteiger partial charge is 0.137 e. The standard InChI is InChI=1S/C17H18ClNO2/c1-19-8-7-11-9-12(4-6-15(11)19)17(20)13-3-5-14(18)16(10-13)21-2/h3-6,9-10,17,20H,7-8H2,1-2H3. The third-order valence-corrected chi connectivity index (χ3v) is 4.35. The van der Waals surface area contributed by atoms with Gasteiger partial charge < -0.3 is 14.7 Å². The summed E-state index contributed by atoms with van der Waals surface area (Å²) in [5.41, 5.74) is 4.21. The molecule has 3 rings (SSSR count). The van der Waals surface area contributed by atoms with E-state index < -0.39 is 6.10 Å². The molecule has 0 aliphatic carbocycles. The van der Waals surface area contributed by atoms with Crippen molar-refractivity contribution in [1.29, 1.82) is 0 Å². The molecule has 0 saturated heterocycles. The average Bonchev–Trinajstić information content (AvgIpc) is 2.88. The Hall–Kier alpha value is -1.71. The molecule has 3 nitrogen and oxygen atoms in total. The van der Waals surface area contributed by atoms with Crippen LogP contribution in [0, 0.1) is 0 Å². The van der Waals surface area contributed by atoms with Crippen LogP contribution in [0.3, 0.4) is 0 Å². The van der Waals surface area contributed by atoms with Gasteiger partial charge in [0.15, 0.2) is 0 Å². The second-order valence-electron chi connectivity index (χ2n) is 5.36. The molecule has 0 bridgehead atoms. The van der Waals surface area contributed by atoms with Gasteiger partial charge in [-0.1, -0.05) is 29.8 Å². The third kappa shape index (κ3) is 2.59. The molecule has 0 fully saturated rings. The molecular formula is C17H18ClNO2. The van der Waals surface area contributed by atoms with E-state index in [-0.39, 0.29) is 0 Å². The minimum absolute atomic E-state index is 0.545. The van der Waals surface area contributed by atoms with Crippen molar-refractivity contribution in [2.24, 2.45) is 0 Å². The monoisotopic (exact) mass is 303 g/mol. The van der Waals surface area contributed by atoms with Gasteiger partial charge in [-0.2, -0.15) is 0 Å². The number of aliphatic hydroxyl groups is 1. The summed E-state index contributed by atoms with van der Waals surface area (Å²) in [6.45, 7) is 1.03. The van der Waals surface area contributed by atoms with E-state index in [1.807, 2.05) is 12.1 Å². The number of hydrogen-bond donors (Lipinski definition) is 1. The number of hydrogen-bond acceptors (Lipinski definition) is 3. The Kier molecular flexibility index (Phi) is 3.79. The van der Waals surface area contributed by atoms with Gasteiger partial charge in [0.05, 0.1) is 12.1 Å². The first kappa shape index (κ1) is 14.2. The molecule has 1 aliphatic heterocycles. The van der Waals surface area contributed by atoms with Crippen LogP contribution < -0.4 is 9.64 Å². The molecule has 0 aromatic heterocycles. The summed E-state index contributed by atoms with van der Waals surface area (Å²) in [4.78, 5) is 2.23. The van der Waals surface area contributed by atoms with E-state index in [4.69, 9.17) is 16.3 Å². The zero-order valence-electron chi connectivity index (χ0n) is 12.1. The van der Waals surface area contributed by atoms with Crippen LogP contribution in [0.25, 0.3) is 0 Å². The number of ether oxygens (including phenoxy) is 1. The highest BCUT2D eigenvalue weighted by molar-refractivity contribution is 6.32. The van der Waals surface area contributed by atoms with E-state index in [1.165, 1.54) is 11.3 Å². The number of anilines is 1. The first-order valence-electron chi connectivity index (χ1n) is 6.95. The summed E-state index contributed by atoms with van der Waals surface area (Å²) in [5.74, 6) is 0.578. The average molecular weight is 304 g/mol. The zero-order valence-corrected chi connectivity index (χ0v) is 12.9. The van der Waals surface area contributed by atoms with Gasteiger partial charge in [0, 0.05) is 19.3 Å². The van der Waals surface area contributed by atoms with Crippen LogP contribution in [0.2, 0.25) is 5.02 Å². The fraction of sp³-hybridized carbons (Fsp3) is 0.294. The Morgan fingerprint density at radius 1 is 1.19 bits per heavy atom. The molecular weight excluding hydrogens is 286 g/mol. The number of halogens is 1. The SMILES string of the molecule is COc1cc(C(O)c2ccc3c(c2)CCN3C)ccc1Cl. The predicted molar refractivity (Wildman–Crippen MR) is 85.5 cm³/mol. The molecule has 1 atom stereocenters. The quantitative estimate of drug-likeness (QED) is 0.943. The Morgan fingerprint density at radius 2 is 1.90 bits per heavy atom. The van der Waals surface area contributed by atoms with E-state index in [2.05, 4.69) is 24.1 Å². The highest BCUT2D eigenvalue weighted by Crippen LogP contribution is 2.33. The Bertz CT molecular complexity index is 672. The maximum atomic E-state index is 10.6. The van der Waals surface area contributed by atoms with Crippen molar-refractivity contribution in [3.05, 3.63) is 58.1 Å². The Labute approximate surface area is 129 Å². The second kappa shape index (κ2) is 5.58. The minimum atomic E-state index is -0.674. The summed E-state index contributed by atoms with van der Waals surface area (Å²) in [6.07, 6.45) is 0.350. The van der Waals surface area contributed by atoms with Crippen molar-refractivity contribution >= 4 is 17.3 Å². The van der Waals surface area contributed by atoms with E-state index >= 15 is 0 Å². The number of likely N-dealkylation sites (N-methyl/N-ethyl adjacent to an activating group) is 1. The predicted octanol–water partition coefficient (Wildman–Crippen LogP) is 3.42.